The number of aryl methyl sites for hydroxylation is 1. The Morgan fingerprint density at radius 1 is 1.29 bits per heavy atom. The number of para-hydroxylation sites is 1. The number of hydrogen-bond donors (Lipinski definition) is 2. The molecule has 1 unspecified atom stereocenters. The topological polar surface area (TPSA) is 45.1 Å². The molecule has 0 aliphatic carbocycles. The lowest BCUT2D eigenvalue weighted by Gasteiger charge is -2.14. The van der Waals surface area contributed by atoms with E-state index < -0.39 is 6.10 Å². The second-order valence-electron chi connectivity index (χ2n) is 4.99. The molecule has 0 spiro atoms. The molecule has 0 bridgehead atoms. The van der Waals surface area contributed by atoms with Gasteiger partial charge in [-0.2, -0.15) is 11.3 Å². The highest BCUT2D eigenvalue weighted by Crippen LogP contribution is 2.24. The zero-order valence-corrected chi connectivity index (χ0v) is 12.7. The summed E-state index contributed by atoms with van der Waals surface area (Å²) in [4.78, 5) is 4.63. The number of fused-ring (bicyclic) bond motifs is 1. The molecule has 0 fully saturated rings. The van der Waals surface area contributed by atoms with Gasteiger partial charge in [-0.05, 0) is 40.9 Å². The van der Waals surface area contributed by atoms with Gasteiger partial charge in [0.05, 0.1) is 11.6 Å². The lowest BCUT2D eigenvalue weighted by molar-refractivity contribution is 0.192. The van der Waals surface area contributed by atoms with Crippen LogP contribution in [0.5, 0.6) is 0 Å². The highest BCUT2D eigenvalue weighted by atomic mass is 32.1. The number of nitrogens with one attached hydrogen (secondary N) is 1. The third-order valence-corrected chi connectivity index (χ3v) is 4.25. The molecule has 0 radical (unpaired) electrons. The number of rotatable bonds is 5. The molecule has 0 saturated heterocycles. The summed E-state index contributed by atoms with van der Waals surface area (Å²) in [6.07, 6.45) is 0.403. The van der Waals surface area contributed by atoms with E-state index in [2.05, 4.69) is 29.4 Å². The van der Waals surface area contributed by atoms with E-state index in [1.807, 2.05) is 35.0 Å². The number of aliphatic hydroxyl groups is 1. The normalized spacial score (nSPS) is 12.5. The summed E-state index contributed by atoms with van der Waals surface area (Å²) in [6, 6.07) is 12.1. The predicted octanol–water partition coefficient (Wildman–Crippen LogP) is 4.00. The zero-order valence-electron chi connectivity index (χ0n) is 11.9. The molecular weight excluding hydrogens is 280 g/mol. The Bertz CT molecular complexity index is 725. The largest absolute Gasteiger partial charge is 0.387 e. The SMILES string of the molecule is CCc1cc(NCC(O)c2ccsc2)c2ccccc2n1. The van der Waals surface area contributed by atoms with Gasteiger partial charge < -0.3 is 10.4 Å². The maximum Gasteiger partial charge on any atom is 0.0970 e. The lowest BCUT2D eigenvalue weighted by atomic mass is 10.1. The summed E-state index contributed by atoms with van der Waals surface area (Å²) in [5, 5.41) is 18.6. The van der Waals surface area contributed by atoms with Crippen molar-refractivity contribution >= 4 is 27.9 Å². The third kappa shape index (κ3) is 3.06. The van der Waals surface area contributed by atoms with Crippen LogP contribution in [-0.2, 0) is 6.42 Å². The van der Waals surface area contributed by atoms with Crippen molar-refractivity contribution in [1.82, 2.24) is 4.98 Å². The minimum Gasteiger partial charge on any atom is -0.387 e. The van der Waals surface area contributed by atoms with Gasteiger partial charge in [0.15, 0.2) is 0 Å². The van der Waals surface area contributed by atoms with E-state index in [1.54, 1.807) is 11.3 Å². The van der Waals surface area contributed by atoms with Crippen LogP contribution in [0.3, 0.4) is 0 Å². The summed E-state index contributed by atoms with van der Waals surface area (Å²) in [5.74, 6) is 0. The number of aliphatic hydroxyl groups excluding tert-OH is 1. The monoisotopic (exact) mass is 298 g/mol. The molecule has 108 valence electrons. The van der Waals surface area contributed by atoms with Crippen LogP contribution in [0.15, 0.2) is 47.2 Å². The number of hydrogen-bond acceptors (Lipinski definition) is 4. The van der Waals surface area contributed by atoms with Crippen LogP contribution in [-0.4, -0.2) is 16.6 Å². The van der Waals surface area contributed by atoms with Gasteiger partial charge in [0.2, 0.25) is 0 Å². The van der Waals surface area contributed by atoms with Crippen molar-refractivity contribution in [2.75, 3.05) is 11.9 Å². The first-order valence-corrected chi connectivity index (χ1v) is 8.05. The van der Waals surface area contributed by atoms with Gasteiger partial charge >= 0.3 is 0 Å². The van der Waals surface area contributed by atoms with Crippen molar-refractivity contribution in [3.63, 3.8) is 0 Å². The number of benzene rings is 1. The van der Waals surface area contributed by atoms with Crippen LogP contribution in [0.2, 0.25) is 0 Å². The van der Waals surface area contributed by atoms with Gasteiger partial charge in [-0.15, -0.1) is 0 Å². The smallest absolute Gasteiger partial charge is 0.0970 e. The van der Waals surface area contributed by atoms with Crippen LogP contribution < -0.4 is 5.32 Å². The molecule has 0 aliphatic rings. The van der Waals surface area contributed by atoms with Gasteiger partial charge in [-0.25, -0.2) is 0 Å². The summed E-state index contributed by atoms with van der Waals surface area (Å²) < 4.78 is 0. The maximum atomic E-state index is 10.2. The summed E-state index contributed by atoms with van der Waals surface area (Å²) in [6.45, 7) is 2.59. The Kier molecular flexibility index (Phi) is 4.18. The average molecular weight is 298 g/mol. The van der Waals surface area contributed by atoms with Crippen molar-refractivity contribution in [2.45, 2.75) is 19.4 Å². The Balaban J connectivity index is 1.85. The molecule has 21 heavy (non-hydrogen) atoms. The number of anilines is 1. The van der Waals surface area contributed by atoms with E-state index in [4.69, 9.17) is 0 Å². The zero-order chi connectivity index (χ0) is 14.7. The van der Waals surface area contributed by atoms with Crippen molar-refractivity contribution in [2.24, 2.45) is 0 Å². The first-order valence-electron chi connectivity index (χ1n) is 7.10. The Labute approximate surface area is 128 Å². The summed E-state index contributed by atoms with van der Waals surface area (Å²) in [7, 11) is 0. The van der Waals surface area contributed by atoms with Gasteiger partial charge in [-0.3, -0.25) is 4.98 Å². The predicted molar refractivity (Wildman–Crippen MR) is 88.9 cm³/mol. The molecule has 2 heterocycles. The molecule has 1 atom stereocenters. The van der Waals surface area contributed by atoms with Gasteiger partial charge in [0.25, 0.3) is 0 Å². The Morgan fingerprint density at radius 3 is 2.90 bits per heavy atom. The fraction of sp³-hybridized carbons (Fsp3) is 0.235. The van der Waals surface area contributed by atoms with Crippen molar-refractivity contribution in [3.8, 4) is 0 Å². The third-order valence-electron chi connectivity index (χ3n) is 3.55. The van der Waals surface area contributed by atoms with E-state index in [0.29, 0.717) is 6.54 Å². The molecule has 3 rings (SSSR count). The van der Waals surface area contributed by atoms with E-state index >= 15 is 0 Å². The quantitative estimate of drug-likeness (QED) is 0.748. The molecule has 3 aromatic rings. The van der Waals surface area contributed by atoms with Crippen LogP contribution in [0.4, 0.5) is 5.69 Å². The van der Waals surface area contributed by atoms with E-state index in [1.165, 1.54) is 0 Å². The number of nitrogens with zero attached hydrogens (tertiary/aromatic N) is 1. The second kappa shape index (κ2) is 6.24. The minimum absolute atomic E-state index is 0.492. The Hall–Kier alpha value is -1.91. The molecule has 2 N–H and O–H groups in total. The molecule has 0 saturated carbocycles. The molecule has 1 aromatic carbocycles. The lowest BCUT2D eigenvalue weighted by Crippen LogP contribution is -2.12. The first-order chi connectivity index (χ1) is 10.3. The van der Waals surface area contributed by atoms with E-state index in [9.17, 15) is 5.11 Å². The summed E-state index contributed by atoms with van der Waals surface area (Å²) in [5.41, 5.74) is 4.04. The fourth-order valence-corrected chi connectivity index (χ4v) is 3.05. The van der Waals surface area contributed by atoms with Crippen LogP contribution in [0.25, 0.3) is 10.9 Å². The highest BCUT2D eigenvalue weighted by Gasteiger charge is 2.09. The number of pyridine rings is 1. The maximum absolute atomic E-state index is 10.2. The van der Waals surface area contributed by atoms with Crippen molar-refractivity contribution < 1.29 is 5.11 Å². The standard InChI is InChI=1S/C17H18N2OS/c1-2-13-9-16(14-5-3-4-6-15(14)19-13)18-10-17(20)12-7-8-21-11-12/h3-9,11,17,20H,2,10H2,1H3,(H,18,19). The molecule has 4 heteroatoms. The van der Waals surface area contributed by atoms with E-state index in [-0.39, 0.29) is 0 Å². The number of aromatic nitrogens is 1. The molecule has 0 aliphatic heterocycles. The van der Waals surface area contributed by atoms with Crippen LogP contribution >= 0.6 is 11.3 Å². The van der Waals surface area contributed by atoms with Gasteiger partial charge in [-0.1, -0.05) is 25.1 Å². The fourth-order valence-electron chi connectivity index (χ4n) is 2.35. The molecule has 0 amide bonds. The number of thiophene rings is 1. The summed E-state index contributed by atoms with van der Waals surface area (Å²) >= 11 is 1.60. The van der Waals surface area contributed by atoms with Gasteiger partial charge in [0.1, 0.15) is 0 Å². The minimum atomic E-state index is -0.492. The molecular formula is C17H18N2OS. The molecule has 2 aromatic heterocycles. The van der Waals surface area contributed by atoms with Crippen molar-refractivity contribution in [3.05, 3.63) is 58.4 Å². The molecule has 3 nitrogen and oxygen atoms in total. The first kappa shape index (κ1) is 14.0. The van der Waals surface area contributed by atoms with Gasteiger partial charge in [0, 0.05) is 23.3 Å². The Morgan fingerprint density at radius 2 is 2.14 bits per heavy atom. The van der Waals surface area contributed by atoms with E-state index in [0.717, 1.165) is 34.3 Å². The average Bonchev–Trinajstić information content (AvgIpc) is 3.06. The van der Waals surface area contributed by atoms with Crippen molar-refractivity contribution in [1.29, 1.82) is 0 Å². The van der Waals surface area contributed by atoms with Crippen LogP contribution in [0, 0.1) is 0 Å². The van der Waals surface area contributed by atoms with Crippen LogP contribution in [0.1, 0.15) is 24.3 Å². The second-order valence-corrected chi connectivity index (χ2v) is 5.77. The highest BCUT2D eigenvalue weighted by molar-refractivity contribution is 7.07.